The van der Waals surface area contributed by atoms with E-state index in [2.05, 4.69) is 21.2 Å². The number of carbonyl (C=O) groups excluding carboxylic acids is 1. The first kappa shape index (κ1) is 15.4. The molecule has 0 spiro atoms. The highest BCUT2D eigenvalue weighted by molar-refractivity contribution is 9.10. The summed E-state index contributed by atoms with van der Waals surface area (Å²) in [6.07, 6.45) is 0. The molecule has 2 aromatic carbocycles. The van der Waals surface area contributed by atoms with E-state index >= 15 is 0 Å². The molecule has 108 valence electrons. The van der Waals surface area contributed by atoms with Crippen LogP contribution in [-0.4, -0.2) is 10.8 Å². The van der Waals surface area contributed by atoms with Gasteiger partial charge in [0, 0.05) is 6.07 Å². The van der Waals surface area contributed by atoms with Crippen molar-refractivity contribution in [3.63, 3.8) is 0 Å². The maximum absolute atomic E-state index is 12.9. The predicted octanol–water partition coefficient (Wildman–Crippen LogP) is 4.40. The number of anilines is 1. The summed E-state index contributed by atoms with van der Waals surface area (Å²) in [5, 5.41) is 13.3. The zero-order valence-corrected chi connectivity index (χ0v) is 12.6. The molecule has 2 aromatic rings. The van der Waals surface area contributed by atoms with E-state index in [1.54, 1.807) is 0 Å². The molecule has 1 amide bonds. The van der Waals surface area contributed by atoms with Gasteiger partial charge in [0.25, 0.3) is 11.6 Å². The van der Waals surface area contributed by atoms with Gasteiger partial charge >= 0.3 is 0 Å². The number of nitro benzene ring substituents is 1. The van der Waals surface area contributed by atoms with Crippen molar-refractivity contribution in [2.24, 2.45) is 0 Å². The molecular formula is C13H7BrClFN2O3. The average Bonchev–Trinajstić information content (AvgIpc) is 2.41. The van der Waals surface area contributed by atoms with E-state index in [1.165, 1.54) is 24.3 Å². The van der Waals surface area contributed by atoms with Crippen LogP contribution in [-0.2, 0) is 0 Å². The second-order valence-electron chi connectivity index (χ2n) is 3.97. The summed E-state index contributed by atoms with van der Waals surface area (Å²) in [7, 11) is 0. The molecule has 0 aliphatic rings. The standard InChI is InChI=1S/C13H7BrClFN2O3/c14-12-8(2-1-3-11(12)18(20)21)13(19)17-10-5-4-7(16)6-9(10)15/h1-6H,(H,17,19). The Morgan fingerprint density at radius 1 is 1.33 bits per heavy atom. The molecule has 21 heavy (non-hydrogen) atoms. The molecule has 0 unspecified atom stereocenters. The summed E-state index contributed by atoms with van der Waals surface area (Å²) in [5.41, 5.74) is 0.0546. The molecule has 0 bridgehead atoms. The Hall–Kier alpha value is -1.99. The van der Waals surface area contributed by atoms with Crippen LogP contribution >= 0.6 is 27.5 Å². The fourth-order valence-electron chi connectivity index (χ4n) is 1.62. The Morgan fingerprint density at radius 2 is 2.05 bits per heavy atom. The van der Waals surface area contributed by atoms with Crippen LogP contribution in [0.5, 0.6) is 0 Å². The number of hydrogen-bond acceptors (Lipinski definition) is 3. The Kier molecular flexibility index (Phi) is 4.54. The zero-order chi connectivity index (χ0) is 15.6. The summed E-state index contributed by atoms with van der Waals surface area (Å²) in [6.45, 7) is 0. The molecule has 0 radical (unpaired) electrons. The lowest BCUT2D eigenvalue weighted by Gasteiger charge is -2.08. The topological polar surface area (TPSA) is 72.2 Å². The molecule has 1 N–H and O–H groups in total. The Balaban J connectivity index is 2.33. The fourth-order valence-corrected chi connectivity index (χ4v) is 2.42. The average molecular weight is 374 g/mol. The van der Waals surface area contributed by atoms with Crippen LogP contribution < -0.4 is 5.32 Å². The van der Waals surface area contributed by atoms with Crippen LogP contribution in [0.3, 0.4) is 0 Å². The Labute approximate surface area is 132 Å². The molecule has 0 saturated carbocycles. The summed E-state index contributed by atoms with van der Waals surface area (Å²) < 4.78 is 13.0. The number of rotatable bonds is 3. The van der Waals surface area contributed by atoms with Crippen LogP contribution in [0.2, 0.25) is 5.02 Å². The first-order valence-electron chi connectivity index (χ1n) is 5.59. The number of nitrogens with one attached hydrogen (secondary N) is 1. The van der Waals surface area contributed by atoms with Gasteiger partial charge in [-0.05, 0) is 40.2 Å². The number of carbonyl (C=O) groups is 1. The molecule has 2 rings (SSSR count). The number of benzene rings is 2. The smallest absolute Gasteiger partial charge is 0.284 e. The molecule has 0 aromatic heterocycles. The lowest BCUT2D eigenvalue weighted by molar-refractivity contribution is -0.385. The van der Waals surface area contributed by atoms with Crippen molar-refractivity contribution >= 4 is 44.8 Å². The van der Waals surface area contributed by atoms with E-state index in [1.807, 2.05) is 0 Å². The number of nitro groups is 1. The van der Waals surface area contributed by atoms with E-state index in [9.17, 15) is 19.3 Å². The van der Waals surface area contributed by atoms with Gasteiger partial charge in [-0.1, -0.05) is 17.7 Å². The van der Waals surface area contributed by atoms with Crippen LogP contribution in [0.1, 0.15) is 10.4 Å². The quantitative estimate of drug-likeness (QED) is 0.640. The first-order valence-corrected chi connectivity index (χ1v) is 6.76. The highest BCUT2D eigenvalue weighted by Gasteiger charge is 2.20. The Bertz CT molecular complexity index is 739. The monoisotopic (exact) mass is 372 g/mol. The van der Waals surface area contributed by atoms with Crippen LogP contribution in [0.15, 0.2) is 40.9 Å². The molecule has 0 fully saturated rings. The summed E-state index contributed by atoms with van der Waals surface area (Å²) in [6, 6.07) is 7.59. The first-order chi connectivity index (χ1) is 9.90. The minimum absolute atomic E-state index is 0.0323. The van der Waals surface area contributed by atoms with Crippen molar-refractivity contribution in [2.75, 3.05) is 5.32 Å². The normalized spacial score (nSPS) is 10.2. The summed E-state index contributed by atoms with van der Waals surface area (Å²) in [5.74, 6) is -1.13. The number of amides is 1. The van der Waals surface area contributed by atoms with Crippen molar-refractivity contribution in [1.82, 2.24) is 0 Å². The van der Waals surface area contributed by atoms with Crippen molar-refractivity contribution in [2.45, 2.75) is 0 Å². The zero-order valence-electron chi connectivity index (χ0n) is 10.3. The van der Waals surface area contributed by atoms with E-state index in [-0.39, 0.29) is 26.4 Å². The molecule has 0 heterocycles. The van der Waals surface area contributed by atoms with Crippen molar-refractivity contribution in [3.8, 4) is 0 Å². The van der Waals surface area contributed by atoms with Crippen LogP contribution in [0.4, 0.5) is 15.8 Å². The predicted molar refractivity (Wildman–Crippen MR) is 80.2 cm³/mol. The molecule has 0 atom stereocenters. The van der Waals surface area contributed by atoms with Gasteiger partial charge in [0.1, 0.15) is 10.3 Å². The van der Waals surface area contributed by atoms with Crippen molar-refractivity contribution in [1.29, 1.82) is 0 Å². The van der Waals surface area contributed by atoms with Crippen molar-refractivity contribution in [3.05, 3.63) is 67.4 Å². The largest absolute Gasteiger partial charge is 0.321 e. The number of halogens is 3. The maximum atomic E-state index is 12.9. The van der Waals surface area contributed by atoms with Gasteiger partial charge < -0.3 is 5.32 Å². The van der Waals surface area contributed by atoms with E-state index in [4.69, 9.17) is 11.6 Å². The lowest BCUT2D eigenvalue weighted by Crippen LogP contribution is -2.13. The molecule has 0 saturated heterocycles. The summed E-state index contributed by atoms with van der Waals surface area (Å²) in [4.78, 5) is 22.4. The van der Waals surface area contributed by atoms with E-state index in [0.29, 0.717) is 0 Å². The van der Waals surface area contributed by atoms with Gasteiger partial charge in [-0.2, -0.15) is 0 Å². The van der Waals surface area contributed by atoms with Gasteiger partial charge in [0.2, 0.25) is 0 Å². The second kappa shape index (κ2) is 6.19. The van der Waals surface area contributed by atoms with Crippen LogP contribution in [0, 0.1) is 15.9 Å². The second-order valence-corrected chi connectivity index (χ2v) is 5.17. The lowest BCUT2D eigenvalue weighted by atomic mass is 10.2. The SMILES string of the molecule is O=C(Nc1ccc(F)cc1Cl)c1cccc([N+](=O)[O-])c1Br. The van der Waals surface area contributed by atoms with E-state index < -0.39 is 16.6 Å². The highest BCUT2D eigenvalue weighted by atomic mass is 79.9. The Morgan fingerprint density at radius 3 is 2.67 bits per heavy atom. The molecule has 0 aliphatic heterocycles. The van der Waals surface area contributed by atoms with Crippen molar-refractivity contribution < 1.29 is 14.1 Å². The molecule has 5 nitrogen and oxygen atoms in total. The minimum atomic E-state index is -0.605. The third-order valence-electron chi connectivity index (χ3n) is 2.60. The fraction of sp³-hybridized carbons (Fsp3) is 0. The minimum Gasteiger partial charge on any atom is -0.321 e. The van der Waals surface area contributed by atoms with Gasteiger partial charge in [-0.3, -0.25) is 14.9 Å². The third kappa shape index (κ3) is 3.37. The molecular weight excluding hydrogens is 367 g/mol. The maximum Gasteiger partial charge on any atom is 0.284 e. The summed E-state index contributed by atoms with van der Waals surface area (Å²) >= 11 is 8.84. The third-order valence-corrected chi connectivity index (χ3v) is 3.75. The number of nitrogens with zero attached hydrogens (tertiary/aromatic N) is 1. The van der Waals surface area contributed by atoms with Gasteiger partial charge in [0.15, 0.2) is 0 Å². The van der Waals surface area contributed by atoms with Crippen LogP contribution in [0.25, 0.3) is 0 Å². The molecule has 8 heteroatoms. The van der Waals surface area contributed by atoms with Gasteiger partial charge in [-0.15, -0.1) is 0 Å². The van der Waals surface area contributed by atoms with E-state index in [0.717, 1.165) is 12.1 Å². The molecule has 0 aliphatic carbocycles. The number of hydrogen-bond donors (Lipinski definition) is 1. The van der Waals surface area contributed by atoms with Gasteiger partial charge in [-0.25, -0.2) is 4.39 Å². The van der Waals surface area contributed by atoms with Gasteiger partial charge in [0.05, 0.1) is 21.2 Å². The highest BCUT2D eigenvalue weighted by Crippen LogP contribution is 2.30.